The fourth-order valence-corrected chi connectivity index (χ4v) is 10.4. The van der Waals surface area contributed by atoms with Crippen molar-refractivity contribution in [2.45, 2.75) is 96.4 Å². The van der Waals surface area contributed by atoms with Crippen molar-refractivity contribution < 1.29 is 58.7 Å². The largest absolute Gasteiger partial charge is 0.443 e. The van der Waals surface area contributed by atoms with E-state index in [1.165, 1.54) is 42.7 Å². The second-order valence-electron chi connectivity index (χ2n) is 19.3. The molecule has 0 fully saturated rings. The Morgan fingerprint density at radius 2 is 1.07 bits per heavy atom. The summed E-state index contributed by atoms with van der Waals surface area (Å²) >= 11 is 13.5. The molecule has 2 aromatic carbocycles. The minimum atomic E-state index is -4.54. The minimum Gasteiger partial charge on any atom is -0.443 e. The zero-order valence-corrected chi connectivity index (χ0v) is 45.8. The van der Waals surface area contributed by atoms with Gasteiger partial charge in [0.1, 0.15) is 51.3 Å². The molecule has 17 nitrogen and oxygen atoms in total. The van der Waals surface area contributed by atoms with Gasteiger partial charge in [-0.15, -0.1) is 0 Å². The Labute approximate surface area is 444 Å². The molecule has 0 atom stereocenters. The van der Waals surface area contributed by atoms with Crippen LogP contribution >= 0.6 is 23.2 Å². The van der Waals surface area contributed by atoms with E-state index in [-0.39, 0.29) is 65.2 Å². The molecule has 6 aromatic heterocycles. The van der Waals surface area contributed by atoms with Gasteiger partial charge >= 0.3 is 18.4 Å². The summed E-state index contributed by atoms with van der Waals surface area (Å²) in [5.74, 6) is -0.461. The van der Waals surface area contributed by atoms with Crippen LogP contribution in [-0.4, -0.2) is 106 Å². The van der Waals surface area contributed by atoms with E-state index in [0.29, 0.717) is 55.8 Å². The van der Waals surface area contributed by atoms with Gasteiger partial charge in [-0.25, -0.2) is 45.5 Å². The first-order valence-corrected chi connectivity index (χ1v) is 27.3. The van der Waals surface area contributed by atoms with Crippen molar-refractivity contribution in [2.24, 2.45) is 5.16 Å². The molecule has 0 bridgehead atoms. The number of benzene rings is 2. The molecule has 400 valence electrons. The predicted molar refractivity (Wildman–Crippen MR) is 284 cm³/mol. The van der Waals surface area contributed by atoms with Gasteiger partial charge in [-0.3, -0.25) is 14.8 Å². The number of carbonyl (C=O) groups is 3. The summed E-state index contributed by atoms with van der Waals surface area (Å²) in [5.41, 5.74) is 2.19. The van der Waals surface area contributed by atoms with Crippen LogP contribution in [0.2, 0.25) is 10.0 Å². The van der Waals surface area contributed by atoms with Crippen LogP contribution in [0.1, 0.15) is 82.4 Å². The lowest BCUT2D eigenvalue weighted by atomic mass is 10.1. The van der Waals surface area contributed by atoms with Crippen LogP contribution in [0.3, 0.4) is 0 Å². The minimum absolute atomic E-state index is 0.0106. The van der Waals surface area contributed by atoms with Gasteiger partial charge in [-0.05, 0) is 108 Å². The zero-order chi connectivity index (χ0) is 56.0. The average Bonchev–Trinajstić information content (AvgIpc) is 3.79. The quantitative estimate of drug-likeness (QED) is 0.0706. The predicted octanol–water partition coefficient (Wildman–Crippen LogP) is 12.3. The second-order valence-corrected chi connectivity index (χ2v) is 24.6. The van der Waals surface area contributed by atoms with E-state index in [1.807, 2.05) is 6.92 Å². The van der Waals surface area contributed by atoms with Gasteiger partial charge in [0.2, 0.25) is 6.61 Å². The number of fused-ring (bicyclic) bond motifs is 4. The lowest BCUT2D eigenvalue weighted by Gasteiger charge is -2.21. The number of hydrogen-bond donors (Lipinski definition) is 0. The number of hydrogen-bond acceptors (Lipinski definition) is 15. The van der Waals surface area contributed by atoms with Crippen LogP contribution in [0.4, 0.5) is 22.8 Å². The van der Waals surface area contributed by atoms with Crippen molar-refractivity contribution in [3.63, 3.8) is 0 Å². The Balaban J connectivity index is 0.000000224. The first-order chi connectivity index (χ1) is 35.4. The maximum absolute atomic E-state index is 13.5. The Hall–Kier alpha value is -7.01. The average molecular weight is 1130 g/mol. The van der Waals surface area contributed by atoms with Crippen LogP contribution in [0.25, 0.3) is 66.6 Å². The van der Waals surface area contributed by atoms with Gasteiger partial charge in [-0.1, -0.05) is 66.5 Å². The highest BCUT2D eigenvalue weighted by atomic mass is 35.5. The molecule has 8 aromatic rings. The molecule has 0 unspecified atom stereocenters. The van der Waals surface area contributed by atoms with Crippen LogP contribution in [-0.2, 0) is 34.0 Å². The number of nitrogens with zero attached hydrogens (tertiary/aromatic N) is 7. The summed E-state index contributed by atoms with van der Waals surface area (Å²) in [7, 11) is -7.71. The van der Waals surface area contributed by atoms with Gasteiger partial charge in [0.15, 0.2) is 19.7 Å². The van der Waals surface area contributed by atoms with Gasteiger partial charge < -0.3 is 14.3 Å². The summed E-state index contributed by atoms with van der Waals surface area (Å²) < 4.78 is 104. The Bertz CT molecular complexity index is 3920. The number of aldehydes is 1. The van der Waals surface area contributed by atoms with E-state index >= 15 is 0 Å². The van der Waals surface area contributed by atoms with Crippen LogP contribution in [0.15, 0.2) is 88.0 Å². The molecular weight excluding hydrogens is 1070 g/mol. The van der Waals surface area contributed by atoms with E-state index in [1.54, 1.807) is 97.3 Å². The molecule has 8 rings (SSSR count). The van der Waals surface area contributed by atoms with Gasteiger partial charge in [-0.2, -0.15) is 13.2 Å². The van der Waals surface area contributed by atoms with Crippen LogP contribution in [0.5, 0.6) is 0 Å². The number of ether oxygens (including phenoxy) is 2. The van der Waals surface area contributed by atoms with Gasteiger partial charge in [0, 0.05) is 28.7 Å². The highest BCUT2D eigenvalue weighted by molar-refractivity contribution is 7.91. The van der Waals surface area contributed by atoms with E-state index in [4.69, 9.17) is 32.7 Å². The van der Waals surface area contributed by atoms with Crippen molar-refractivity contribution in [2.75, 3.05) is 18.1 Å². The molecule has 0 aliphatic carbocycles. The molecule has 0 saturated heterocycles. The normalized spacial score (nSPS) is 12.6. The SMILES string of the molecule is CCS(=O)(=O)c1cc2ccc(/C=N/OCC(F)(F)F)cc2nc1-c1c(Cl)c2ncc(C)cc2n1C(=O)OC(C)(C)C.CCS(=O)(=O)c1cc2ccc(C=O)cc2nc1-c1c(Cl)c2ncc(C)cc2n1C(=O)OC(C)(C)C. The zero-order valence-electron chi connectivity index (χ0n) is 42.6. The van der Waals surface area contributed by atoms with Crippen molar-refractivity contribution in [3.05, 3.63) is 105 Å². The lowest BCUT2D eigenvalue weighted by molar-refractivity contribution is -0.173. The number of rotatable bonds is 10. The highest BCUT2D eigenvalue weighted by Crippen LogP contribution is 2.42. The third-order valence-electron chi connectivity index (χ3n) is 11.1. The molecule has 6 heterocycles. The first-order valence-electron chi connectivity index (χ1n) is 23.2. The van der Waals surface area contributed by atoms with Gasteiger partial charge in [0.25, 0.3) is 0 Å². The van der Waals surface area contributed by atoms with E-state index < -0.39 is 55.8 Å². The topological polar surface area (TPSA) is 221 Å². The molecule has 0 radical (unpaired) electrons. The number of aromatic nitrogens is 6. The molecule has 0 N–H and O–H groups in total. The standard InChI is InChI=1S/C27H26ClF3N4O5S.C25H24ClN3O5S/c1-6-41(37,38)20-11-17-8-7-16(13-33-39-14-27(29,30)31)10-18(17)34-23(20)24-21(28)22-19(9-15(2)12-32-22)35(24)25(36)40-26(3,4)5;1-6-35(32,33)19-11-16-8-7-15(13-30)10-17(16)28-22(19)23-20(26)21-18(9-14(2)12-27-21)29(23)24(31)34-25(3,4)5/h7-13H,6,14H2,1-5H3;7-13H,6H2,1-5H3/b33-13+;. The van der Waals surface area contributed by atoms with Crippen molar-refractivity contribution in [3.8, 4) is 22.8 Å². The lowest BCUT2D eigenvalue weighted by Crippen LogP contribution is -2.27. The maximum Gasteiger partial charge on any atom is 0.425 e. The number of alkyl halides is 3. The summed E-state index contributed by atoms with van der Waals surface area (Å²) in [6.07, 6.45) is -1.21. The Kier molecular flexibility index (Phi) is 15.8. The second kappa shape index (κ2) is 21.2. The molecule has 0 aliphatic heterocycles. The first kappa shape index (κ1) is 56.7. The molecule has 24 heteroatoms. The smallest absolute Gasteiger partial charge is 0.425 e. The summed E-state index contributed by atoms with van der Waals surface area (Å²) in [6.45, 7) is 15.3. The number of sulfone groups is 2. The number of carbonyl (C=O) groups excluding carboxylic acids is 3. The van der Waals surface area contributed by atoms with Crippen molar-refractivity contribution in [1.29, 1.82) is 0 Å². The third kappa shape index (κ3) is 12.1. The number of aryl methyl sites for hydroxylation is 2. The molecule has 76 heavy (non-hydrogen) atoms. The number of oxime groups is 1. The number of halogens is 5. The molecular formula is C52H50Cl2F3N7O10S2. The maximum atomic E-state index is 13.5. The monoisotopic (exact) mass is 1120 g/mol. The molecule has 0 spiro atoms. The fourth-order valence-electron chi connectivity index (χ4n) is 7.68. The van der Waals surface area contributed by atoms with Crippen LogP contribution < -0.4 is 0 Å². The highest BCUT2D eigenvalue weighted by Gasteiger charge is 2.34. The van der Waals surface area contributed by atoms with E-state index in [2.05, 4.69) is 29.9 Å². The van der Waals surface area contributed by atoms with Crippen LogP contribution in [0, 0.1) is 13.8 Å². The number of pyridine rings is 4. The molecule has 0 amide bonds. The van der Waals surface area contributed by atoms with E-state index in [0.717, 1.165) is 16.3 Å². The summed E-state index contributed by atoms with van der Waals surface area (Å²) in [6, 6.07) is 15.6. The summed E-state index contributed by atoms with van der Waals surface area (Å²) in [4.78, 5) is 60.3. The molecule has 0 aliphatic rings. The van der Waals surface area contributed by atoms with Crippen molar-refractivity contribution >= 4 is 111 Å². The molecule has 0 saturated carbocycles. The van der Waals surface area contributed by atoms with E-state index in [9.17, 15) is 44.4 Å². The summed E-state index contributed by atoms with van der Waals surface area (Å²) in [5, 5.41) is 4.34. The van der Waals surface area contributed by atoms with Gasteiger partial charge in [0.05, 0.1) is 59.6 Å². The van der Waals surface area contributed by atoms with Crippen molar-refractivity contribution in [1.82, 2.24) is 29.1 Å². The Morgan fingerprint density at radius 3 is 1.45 bits per heavy atom. The Morgan fingerprint density at radius 1 is 0.658 bits per heavy atom. The third-order valence-corrected chi connectivity index (χ3v) is 15.3. The fraction of sp³-hybridized carbons (Fsp3) is 0.308.